The number of nitrogens with zero attached hydrogens (tertiary/aromatic N) is 1. The monoisotopic (exact) mass is 299 g/mol. The zero-order chi connectivity index (χ0) is 14.8. The third-order valence-corrected chi connectivity index (χ3v) is 4.20. The number of hydrogen-bond donors (Lipinski definition) is 0. The maximum atomic E-state index is 11.9. The number of alkyl halides is 1. The number of fused-ring (bicyclic) bond motifs is 3. The molecule has 3 aromatic rings. The summed E-state index contributed by atoms with van der Waals surface area (Å²) in [6.45, 7) is 2.80. The smallest absolute Gasteiger partial charge is 0.162 e. The van der Waals surface area contributed by atoms with Gasteiger partial charge in [-0.25, -0.2) is 0 Å². The Balaban J connectivity index is 2.27. The van der Waals surface area contributed by atoms with Gasteiger partial charge in [-0.15, -0.1) is 11.6 Å². The first-order valence-corrected chi connectivity index (χ1v) is 7.90. The second-order valence-corrected chi connectivity index (χ2v) is 5.60. The van der Waals surface area contributed by atoms with Crippen molar-refractivity contribution in [1.29, 1.82) is 0 Å². The number of halogens is 1. The Bertz CT molecular complexity index is 803. The van der Waals surface area contributed by atoms with Crippen LogP contribution in [0.15, 0.2) is 42.5 Å². The molecule has 0 N–H and O–H groups in total. The van der Waals surface area contributed by atoms with Crippen LogP contribution in [0, 0.1) is 0 Å². The summed E-state index contributed by atoms with van der Waals surface area (Å²) < 4.78 is 2.30. The lowest BCUT2D eigenvalue weighted by molar-refractivity contribution is 0.0988. The molecule has 3 rings (SSSR count). The van der Waals surface area contributed by atoms with Crippen molar-refractivity contribution in [3.8, 4) is 0 Å². The Hall–Kier alpha value is -1.80. The third-order valence-electron chi connectivity index (χ3n) is 3.93. The van der Waals surface area contributed by atoms with Crippen molar-refractivity contribution in [2.24, 2.45) is 0 Å². The molecule has 0 saturated carbocycles. The highest BCUT2D eigenvalue weighted by atomic mass is 35.5. The van der Waals surface area contributed by atoms with Crippen LogP contribution in [0.25, 0.3) is 21.8 Å². The van der Waals surface area contributed by atoms with Crippen LogP contribution in [0.2, 0.25) is 0 Å². The van der Waals surface area contributed by atoms with Gasteiger partial charge in [-0.3, -0.25) is 4.79 Å². The largest absolute Gasteiger partial charge is 0.340 e. The fraction of sp³-hybridized carbons (Fsp3) is 0.278. The van der Waals surface area contributed by atoms with Crippen LogP contribution in [0.5, 0.6) is 0 Å². The molecule has 0 aliphatic heterocycles. The van der Waals surface area contributed by atoms with E-state index in [0.29, 0.717) is 12.3 Å². The van der Waals surface area contributed by atoms with E-state index >= 15 is 0 Å². The average molecular weight is 300 g/mol. The molecule has 0 radical (unpaired) electrons. The molecule has 0 atom stereocenters. The lowest BCUT2D eigenvalue weighted by Gasteiger charge is -2.06. The van der Waals surface area contributed by atoms with Crippen LogP contribution >= 0.6 is 11.6 Å². The van der Waals surface area contributed by atoms with E-state index in [2.05, 4.69) is 28.8 Å². The molecule has 0 fully saturated rings. The Morgan fingerprint density at radius 1 is 1.10 bits per heavy atom. The average Bonchev–Trinajstić information content (AvgIpc) is 2.85. The van der Waals surface area contributed by atoms with Crippen LogP contribution in [0.1, 0.15) is 30.1 Å². The summed E-state index contributed by atoms with van der Waals surface area (Å²) in [6, 6.07) is 14.4. The molecule has 1 heterocycles. The van der Waals surface area contributed by atoms with Gasteiger partial charge in [0.05, 0.1) is 0 Å². The lowest BCUT2D eigenvalue weighted by atomic mass is 10.1. The number of rotatable bonds is 5. The zero-order valence-corrected chi connectivity index (χ0v) is 12.9. The van der Waals surface area contributed by atoms with Crippen LogP contribution in [0.3, 0.4) is 0 Å². The van der Waals surface area contributed by atoms with Crippen molar-refractivity contribution < 1.29 is 4.79 Å². The molecule has 0 aliphatic rings. The molecule has 1 aromatic heterocycles. The molecule has 21 heavy (non-hydrogen) atoms. The summed E-state index contributed by atoms with van der Waals surface area (Å²) in [4.78, 5) is 11.9. The maximum absolute atomic E-state index is 11.9. The van der Waals surface area contributed by atoms with Crippen LogP contribution in [-0.4, -0.2) is 16.2 Å². The zero-order valence-electron chi connectivity index (χ0n) is 12.1. The summed E-state index contributed by atoms with van der Waals surface area (Å²) in [5.41, 5.74) is 3.18. The molecule has 0 unspecified atom stereocenters. The first kappa shape index (κ1) is 14.2. The highest BCUT2D eigenvalue weighted by molar-refractivity contribution is 6.17. The topological polar surface area (TPSA) is 22.0 Å². The molecular weight excluding hydrogens is 282 g/mol. The Morgan fingerprint density at radius 2 is 1.86 bits per heavy atom. The van der Waals surface area contributed by atoms with Gasteiger partial charge in [-0.05, 0) is 30.7 Å². The minimum absolute atomic E-state index is 0.189. The summed E-state index contributed by atoms with van der Waals surface area (Å²) >= 11 is 5.85. The molecule has 2 aromatic carbocycles. The van der Waals surface area contributed by atoms with Gasteiger partial charge >= 0.3 is 0 Å². The van der Waals surface area contributed by atoms with E-state index in [0.717, 1.165) is 23.9 Å². The van der Waals surface area contributed by atoms with Crippen LogP contribution in [0.4, 0.5) is 0 Å². The number of benzene rings is 2. The molecule has 0 amide bonds. The summed E-state index contributed by atoms with van der Waals surface area (Å²) in [5, 5.41) is 2.35. The normalized spacial score (nSPS) is 11.3. The highest BCUT2D eigenvalue weighted by Crippen LogP contribution is 2.30. The van der Waals surface area contributed by atoms with Gasteiger partial charge in [0.25, 0.3) is 0 Å². The van der Waals surface area contributed by atoms with E-state index < -0.39 is 0 Å². The predicted octanol–water partition coefficient (Wildman–Crippen LogP) is 5.02. The number of carbonyl (C=O) groups is 1. The van der Waals surface area contributed by atoms with Crippen molar-refractivity contribution in [3.05, 3.63) is 48.0 Å². The molecule has 0 saturated heterocycles. The summed E-state index contributed by atoms with van der Waals surface area (Å²) in [7, 11) is 0. The van der Waals surface area contributed by atoms with Crippen molar-refractivity contribution in [2.75, 3.05) is 5.88 Å². The second kappa shape index (κ2) is 5.90. The van der Waals surface area contributed by atoms with Gasteiger partial charge in [0.1, 0.15) is 0 Å². The maximum Gasteiger partial charge on any atom is 0.162 e. The SMILES string of the molecule is CCC(=O)c1ccc2c(c1)c1ccccc1n2CCCCl. The minimum atomic E-state index is 0.189. The Labute approximate surface area is 129 Å². The summed E-state index contributed by atoms with van der Waals surface area (Å²) in [6.07, 6.45) is 1.47. The van der Waals surface area contributed by atoms with E-state index in [9.17, 15) is 4.79 Å². The molecule has 108 valence electrons. The Morgan fingerprint density at radius 3 is 2.62 bits per heavy atom. The van der Waals surface area contributed by atoms with Crippen molar-refractivity contribution in [1.82, 2.24) is 4.57 Å². The minimum Gasteiger partial charge on any atom is -0.340 e. The number of aryl methyl sites for hydroxylation is 1. The number of ketones is 1. The highest BCUT2D eigenvalue weighted by Gasteiger charge is 2.12. The standard InChI is InChI=1S/C18H18ClNO/c1-2-18(21)13-8-9-17-15(12-13)14-6-3-4-7-16(14)20(17)11-5-10-19/h3-4,6-9,12H,2,5,10-11H2,1H3. The van der Waals surface area contributed by atoms with E-state index in [4.69, 9.17) is 11.6 Å². The Kier molecular flexibility index (Phi) is 3.98. The first-order valence-electron chi connectivity index (χ1n) is 7.36. The molecule has 0 spiro atoms. The second-order valence-electron chi connectivity index (χ2n) is 5.22. The van der Waals surface area contributed by atoms with Gasteiger partial charge in [-0.2, -0.15) is 0 Å². The van der Waals surface area contributed by atoms with Crippen molar-refractivity contribution in [3.63, 3.8) is 0 Å². The number of hydrogen-bond acceptors (Lipinski definition) is 1. The molecule has 3 heteroatoms. The van der Waals surface area contributed by atoms with E-state index in [1.165, 1.54) is 16.4 Å². The molecule has 2 nitrogen and oxygen atoms in total. The van der Waals surface area contributed by atoms with Gasteiger partial charge in [0, 0.05) is 46.2 Å². The number of aromatic nitrogens is 1. The molecular formula is C18H18ClNO. The number of para-hydroxylation sites is 1. The van der Waals surface area contributed by atoms with Gasteiger partial charge in [-0.1, -0.05) is 25.1 Å². The molecule has 0 bridgehead atoms. The van der Waals surface area contributed by atoms with E-state index in [1.54, 1.807) is 0 Å². The van der Waals surface area contributed by atoms with Crippen LogP contribution < -0.4 is 0 Å². The van der Waals surface area contributed by atoms with Crippen molar-refractivity contribution >= 4 is 39.2 Å². The fourth-order valence-corrected chi connectivity index (χ4v) is 3.01. The lowest BCUT2D eigenvalue weighted by Crippen LogP contribution is -1.99. The fourth-order valence-electron chi connectivity index (χ4n) is 2.89. The first-order chi connectivity index (χ1) is 10.3. The van der Waals surface area contributed by atoms with Crippen molar-refractivity contribution in [2.45, 2.75) is 26.3 Å². The number of carbonyl (C=O) groups excluding carboxylic acids is 1. The predicted molar refractivity (Wildman–Crippen MR) is 89.4 cm³/mol. The summed E-state index contributed by atoms with van der Waals surface area (Å²) in [5.74, 6) is 0.843. The van der Waals surface area contributed by atoms with Crippen LogP contribution in [-0.2, 0) is 6.54 Å². The van der Waals surface area contributed by atoms with Gasteiger partial charge in [0.15, 0.2) is 5.78 Å². The van der Waals surface area contributed by atoms with Gasteiger partial charge in [0.2, 0.25) is 0 Å². The molecule has 0 aliphatic carbocycles. The quantitative estimate of drug-likeness (QED) is 0.479. The third kappa shape index (κ3) is 2.44. The van der Waals surface area contributed by atoms with E-state index in [1.807, 2.05) is 25.1 Å². The van der Waals surface area contributed by atoms with E-state index in [-0.39, 0.29) is 5.78 Å². The number of Topliss-reactive ketones (excluding diaryl/α,β-unsaturated/α-hetero) is 1. The van der Waals surface area contributed by atoms with Gasteiger partial charge < -0.3 is 4.57 Å².